The molecule has 0 saturated heterocycles. The number of carbonyl (C=O) groups is 1. The van der Waals surface area contributed by atoms with Gasteiger partial charge in [-0.2, -0.15) is 5.10 Å². The molecule has 4 heteroatoms. The number of benzene rings is 1. The van der Waals surface area contributed by atoms with Gasteiger partial charge >= 0.3 is 0 Å². The van der Waals surface area contributed by atoms with Crippen molar-refractivity contribution in [3.05, 3.63) is 53.3 Å². The van der Waals surface area contributed by atoms with Crippen LogP contribution in [0.2, 0.25) is 0 Å². The van der Waals surface area contributed by atoms with Crippen molar-refractivity contribution in [1.82, 2.24) is 15.1 Å². The standard InChI is InChI=1S/C15H19N3O/c1-16-8-7-13-5-3-4-6-14(13)15(19)9-12-10-17-18(2)11-12/h3-6,10-11,16H,7-9H2,1-2H3. The van der Waals surface area contributed by atoms with Gasteiger partial charge in [-0.3, -0.25) is 9.48 Å². The molecule has 0 fully saturated rings. The minimum absolute atomic E-state index is 0.153. The molecule has 0 amide bonds. The molecule has 0 aliphatic rings. The molecule has 2 aromatic rings. The molecule has 1 aromatic heterocycles. The minimum Gasteiger partial charge on any atom is -0.319 e. The maximum atomic E-state index is 12.3. The first-order chi connectivity index (χ1) is 9.20. The second-order valence-electron chi connectivity index (χ2n) is 4.63. The van der Waals surface area contributed by atoms with Crippen LogP contribution in [0, 0.1) is 0 Å². The van der Waals surface area contributed by atoms with Crippen LogP contribution in [0.1, 0.15) is 21.5 Å². The van der Waals surface area contributed by atoms with Crippen LogP contribution in [-0.4, -0.2) is 29.2 Å². The van der Waals surface area contributed by atoms with E-state index in [4.69, 9.17) is 0 Å². The van der Waals surface area contributed by atoms with Gasteiger partial charge in [-0.1, -0.05) is 24.3 Å². The Labute approximate surface area is 113 Å². The quantitative estimate of drug-likeness (QED) is 0.800. The fourth-order valence-electron chi connectivity index (χ4n) is 2.11. The molecule has 100 valence electrons. The summed E-state index contributed by atoms with van der Waals surface area (Å²) in [5.74, 6) is 0.153. The molecule has 0 unspecified atom stereocenters. The molecule has 0 bridgehead atoms. The molecule has 4 nitrogen and oxygen atoms in total. The minimum atomic E-state index is 0.153. The van der Waals surface area contributed by atoms with Crippen molar-refractivity contribution in [3.8, 4) is 0 Å². The van der Waals surface area contributed by atoms with Crippen molar-refractivity contribution in [2.75, 3.05) is 13.6 Å². The summed E-state index contributed by atoms with van der Waals surface area (Å²) in [6.07, 6.45) is 4.90. The number of nitrogens with one attached hydrogen (secondary N) is 1. The highest BCUT2D eigenvalue weighted by molar-refractivity contribution is 5.98. The summed E-state index contributed by atoms with van der Waals surface area (Å²) >= 11 is 0. The summed E-state index contributed by atoms with van der Waals surface area (Å²) in [6, 6.07) is 7.82. The highest BCUT2D eigenvalue weighted by Gasteiger charge is 2.12. The van der Waals surface area contributed by atoms with Crippen molar-refractivity contribution in [2.24, 2.45) is 7.05 Å². The van der Waals surface area contributed by atoms with Crippen molar-refractivity contribution in [3.63, 3.8) is 0 Å². The number of aryl methyl sites for hydroxylation is 1. The molecule has 0 aliphatic carbocycles. The predicted molar refractivity (Wildman–Crippen MR) is 75.3 cm³/mol. The van der Waals surface area contributed by atoms with Gasteiger partial charge in [0.15, 0.2) is 5.78 Å². The zero-order valence-corrected chi connectivity index (χ0v) is 11.4. The molecule has 2 rings (SSSR count). The molecule has 0 radical (unpaired) electrons. The lowest BCUT2D eigenvalue weighted by Gasteiger charge is -2.07. The predicted octanol–water partition coefficient (Wildman–Crippen LogP) is 1.61. The summed E-state index contributed by atoms with van der Waals surface area (Å²) in [7, 11) is 3.77. The summed E-state index contributed by atoms with van der Waals surface area (Å²) in [4.78, 5) is 12.3. The van der Waals surface area contributed by atoms with Crippen LogP contribution >= 0.6 is 0 Å². The van der Waals surface area contributed by atoms with E-state index in [9.17, 15) is 4.79 Å². The van der Waals surface area contributed by atoms with Gasteiger partial charge in [0.25, 0.3) is 0 Å². The molecule has 0 spiro atoms. The van der Waals surface area contributed by atoms with Gasteiger partial charge in [0, 0.05) is 25.2 Å². The molecule has 1 aromatic carbocycles. The number of rotatable bonds is 6. The maximum Gasteiger partial charge on any atom is 0.167 e. The average molecular weight is 257 g/mol. The molecular weight excluding hydrogens is 238 g/mol. The highest BCUT2D eigenvalue weighted by Crippen LogP contribution is 2.13. The Morgan fingerprint density at radius 1 is 1.37 bits per heavy atom. The molecular formula is C15H19N3O. The Hall–Kier alpha value is -1.94. The van der Waals surface area contributed by atoms with Gasteiger partial charge in [-0.15, -0.1) is 0 Å². The van der Waals surface area contributed by atoms with E-state index in [1.807, 2.05) is 44.6 Å². The van der Waals surface area contributed by atoms with E-state index in [-0.39, 0.29) is 5.78 Å². The van der Waals surface area contributed by atoms with Gasteiger partial charge in [-0.05, 0) is 31.1 Å². The van der Waals surface area contributed by atoms with Crippen LogP contribution in [0.15, 0.2) is 36.7 Å². The van der Waals surface area contributed by atoms with Crippen LogP contribution in [0.25, 0.3) is 0 Å². The molecule has 0 aliphatic heterocycles. The number of carbonyl (C=O) groups excluding carboxylic acids is 1. The number of Topliss-reactive ketones (excluding diaryl/α,β-unsaturated/α-hetero) is 1. The normalized spacial score (nSPS) is 10.6. The Kier molecular flexibility index (Phi) is 4.47. The summed E-state index contributed by atoms with van der Waals surface area (Å²) < 4.78 is 1.72. The largest absolute Gasteiger partial charge is 0.319 e. The van der Waals surface area contributed by atoms with E-state index < -0.39 is 0 Å². The Bertz CT molecular complexity index is 560. The van der Waals surface area contributed by atoms with Gasteiger partial charge in [0.05, 0.1) is 6.20 Å². The average Bonchev–Trinajstić information content (AvgIpc) is 2.82. The highest BCUT2D eigenvalue weighted by atomic mass is 16.1. The van der Waals surface area contributed by atoms with E-state index in [1.165, 1.54) is 0 Å². The van der Waals surface area contributed by atoms with E-state index in [0.29, 0.717) is 6.42 Å². The van der Waals surface area contributed by atoms with Crippen LogP contribution in [0.3, 0.4) is 0 Å². The first-order valence-corrected chi connectivity index (χ1v) is 6.44. The lowest BCUT2D eigenvalue weighted by molar-refractivity contribution is 0.0992. The number of hydrogen-bond donors (Lipinski definition) is 1. The van der Waals surface area contributed by atoms with E-state index >= 15 is 0 Å². The van der Waals surface area contributed by atoms with Gasteiger partial charge in [-0.25, -0.2) is 0 Å². The van der Waals surface area contributed by atoms with Crippen LogP contribution in [0.5, 0.6) is 0 Å². The summed E-state index contributed by atoms with van der Waals surface area (Å²) in [5.41, 5.74) is 2.88. The maximum absolute atomic E-state index is 12.3. The van der Waals surface area contributed by atoms with Crippen LogP contribution < -0.4 is 5.32 Å². The number of ketones is 1. The Morgan fingerprint density at radius 3 is 2.84 bits per heavy atom. The first-order valence-electron chi connectivity index (χ1n) is 6.44. The van der Waals surface area contributed by atoms with Gasteiger partial charge in [0.1, 0.15) is 0 Å². The molecule has 0 saturated carbocycles. The van der Waals surface area contributed by atoms with Crippen LogP contribution in [0.4, 0.5) is 0 Å². The zero-order chi connectivity index (χ0) is 13.7. The second-order valence-corrected chi connectivity index (χ2v) is 4.63. The number of nitrogens with zero attached hydrogens (tertiary/aromatic N) is 2. The fourth-order valence-corrected chi connectivity index (χ4v) is 2.11. The number of likely N-dealkylation sites (N-methyl/N-ethyl adjacent to an activating group) is 1. The molecule has 1 heterocycles. The summed E-state index contributed by atoms with van der Waals surface area (Å²) in [6.45, 7) is 0.872. The smallest absolute Gasteiger partial charge is 0.167 e. The fraction of sp³-hybridized carbons (Fsp3) is 0.333. The molecule has 0 atom stereocenters. The van der Waals surface area contributed by atoms with Crippen molar-refractivity contribution in [2.45, 2.75) is 12.8 Å². The number of aromatic nitrogens is 2. The van der Waals surface area contributed by atoms with E-state index in [0.717, 1.165) is 29.7 Å². The zero-order valence-electron chi connectivity index (χ0n) is 11.4. The van der Waals surface area contributed by atoms with Crippen LogP contribution in [-0.2, 0) is 19.9 Å². The molecule has 19 heavy (non-hydrogen) atoms. The van der Waals surface area contributed by atoms with Crippen molar-refractivity contribution < 1.29 is 4.79 Å². The van der Waals surface area contributed by atoms with Crippen molar-refractivity contribution in [1.29, 1.82) is 0 Å². The summed E-state index contributed by atoms with van der Waals surface area (Å²) in [5, 5.41) is 7.20. The lowest BCUT2D eigenvalue weighted by Crippen LogP contribution is -2.13. The number of hydrogen-bond acceptors (Lipinski definition) is 3. The molecule has 1 N–H and O–H groups in total. The van der Waals surface area contributed by atoms with Gasteiger partial charge in [0.2, 0.25) is 0 Å². The third-order valence-electron chi connectivity index (χ3n) is 3.09. The van der Waals surface area contributed by atoms with E-state index in [2.05, 4.69) is 10.4 Å². The topological polar surface area (TPSA) is 46.9 Å². The Morgan fingerprint density at radius 2 is 2.16 bits per heavy atom. The second kappa shape index (κ2) is 6.29. The third kappa shape index (κ3) is 3.51. The SMILES string of the molecule is CNCCc1ccccc1C(=O)Cc1cnn(C)c1. The lowest BCUT2D eigenvalue weighted by atomic mass is 9.98. The van der Waals surface area contributed by atoms with Crippen molar-refractivity contribution >= 4 is 5.78 Å². The third-order valence-corrected chi connectivity index (χ3v) is 3.09. The van der Waals surface area contributed by atoms with Gasteiger partial charge < -0.3 is 5.32 Å². The first kappa shape index (κ1) is 13.5. The van der Waals surface area contributed by atoms with E-state index in [1.54, 1.807) is 10.9 Å². The monoisotopic (exact) mass is 257 g/mol. The Balaban J connectivity index is 2.14.